The molecule has 6 heteroatoms. The molecule has 4 nitrogen and oxygen atoms in total. The van der Waals surface area contributed by atoms with Crippen LogP contribution >= 0.6 is 11.6 Å². The second-order valence-corrected chi connectivity index (χ2v) is 5.07. The quantitative estimate of drug-likeness (QED) is 0.894. The van der Waals surface area contributed by atoms with Gasteiger partial charge in [-0.05, 0) is 47.9 Å². The molecule has 0 saturated carbocycles. The molecule has 0 fully saturated rings. The summed E-state index contributed by atoms with van der Waals surface area (Å²) in [5.41, 5.74) is 7.71. The molecule has 1 amide bonds. The summed E-state index contributed by atoms with van der Waals surface area (Å²) in [7, 11) is 0. The smallest absolute Gasteiger partial charge is 0.224 e. The molecule has 1 unspecified atom stereocenters. The van der Waals surface area contributed by atoms with Gasteiger partial charge in [-0.15, -0.1) is 0 Å². The lowest BCUT2D eigenvalue weighted by Crippen LogP contribution is -2.21. The molecule has 1 aliphatic heterocycles. The molecule has 3 rings (SSSR count). The molecule has 1 atom stereocenters. The van der Waals surface area contributed by atoms with E-state index in [1.807, 2.05) is 0 Å². The van der Waals surface area contributed by atoms with Gasteiger partial charge >= 0.3 is 0 Å². The third-order valence-corrected chi connectivity index (χ3v) is 3.56. The molecule has 0 bridgehead atoms. The summed E-state index contributed by atoms with van der Waals surface area (Å²) in [6, 6.07) is 5.42. The maximum Gasteiger partial charge on any atom is 0.224 e. The van der Waals surface area contributed by atoms with Crippen LogP contribution in [0.4, 0.5) is 10.1 Å². The van der Waals surface area contributed by atoms with Crippen molar-refractivity contribution in [2.24, 2.45) is 5.73 Å². The van der Waals surface area contributed by atoms with Crippen LogP contribution in [-0.2, 0) is 11.2 Å². The van der Waals surface area contributed by atoms with Crippen molar-refractivity contribution in [1.29, 1.82) is 0 Å². The molecule has 104 valence electrons. The fourth-order valence-corrected chi connectivity index (χ4v) is 2.46. The highest BCUT2D eigenvalue weighted by Gasteiger charge is 2.22. The van der Waals surface area contributed by atoms with Crippen LogP contribution in [0.15, 0.2) is 28.7 Å². The number of fused-ring (bicyclic) bond motifs is 1. The fourth-order valence-electron chi connectivity index (χ4n) is 2.31. The van der Waals surface area contributed by atoms with Crippen molar-refractivity contribution < 1.29 is 13.6 Å². The van der Waals surface area contributed by atoms with Crippen LogP contribution in [0.2, 0.25) is 5.22 Å². The first-order valence-corrected chi connectivity index (χ1v) is 6.55. The minimum absolute atomic E-state index is 0.105. The number of carbonyl (C=O) groups is 1. The van der Waals surface area contributed by atoms with Gasteiger partial charge < -0.3 is 15.5 Å². The van der Waals surface area contributed by atoms with Gasteiger partial charge in [-0.2, -0.15) is 0 Å². The fraction of sp³-hybridized carbons (Fsp3) is 0.214. The Morgan fingerprint density at radius 1 is 1.35 bits per heavy atom. The number of amides is 1. The number of nitrogens with two attached hydrogens (primary N) is 1. The van der Waals surface area contributed by atoms with Crippen LogP contribution in [-0.4, -0.2) is 5.91 Å². The van der Waals surface area contributed by atoms with E-state index in [1.165, 1.54) is 6.07 Å². The number of anilines is 1. The van der Waals surface area contributed by atoms with Gasteiger partial charge in [0.05, 0.1) is 6.04 Å². The van der Waals surface area contributed by atoms with Crippen LogP contribution in [0.1, 0.15) is 29.3 Å². The number of carbonyl (C=O) groups excluding carboxylic acids is 1. The summed E-state index contributed by atoms with van der Waals surface area (Å²) in [4.78, 5) is 11.3. The highest BCUT2D eigenvalue weighted by Crippen LogP contribution is 2.31. The highest BCUT2D eigenvalue weighted by atomic mass is 35.5. The summed E-state index contributed by atoms with van der Waals surface area (Å²) in [5, 5.41) is 2.86. The van der Waals surface area contributed by atoms with Gasteiger partial charge in [0.2, 0.25) is 5.91 Å². The summed E-state index contributed by atoms with van der Waals surface area (Å²) in [5.74, 6) is -0.188. The molecule has 2 aromatic rings. The number of hydrogen-bond acceptors (Lipinski definition) is 3. The standard InChI is InChI=1S/C14H12ClFN2O2/c15-12-3-2-11(20-12)14(17)8-5-7-1-4-13(19)18-10(7)6-9(8)16/h2-3,5-6,14H,1,4,17H2,(H,18,19). The van der Waals surface area contributed by atoms with Gasteiger partial charge in [0.25, 0.3) is 0 Å². The number of halogens is 2. The Morgan fingerprint density at radius 2 is 2.15 bits per heavy atom. The zero-order valence-corrected chi connectivity index (χ0v) is 11.2. The normalized spacial score (nSPS) is 15.7. The molecule has 1 aromatic carbocycles. The monoisotopic (exact) mass is 294 g/mol. The predicted molar refractivity (Wildman–Crippen MR) is 73.1 cm³/mol. The van der Waals surface area contributed by atoms with E-state index in [4.69, 9.17) is 21.8 Å². The highest BCUT2D eigenvalue weighted by molar-refractivity contribution is 6.28. The number of benzene rings is 1. The lowest BCUT2D eigenvalue weighted by molar-refractivity contribution is -0.116. The zero-order valence-electron chi connectivity index (χ0n) is 10.5. The maximum atomic E-state index is 14.1. The largest absolute Gasteiger partial charge is 0.448 e. The summed E-state index contributed by atoms with van der Waals surface area (Å²) >= 11 is 5.70. The zero-order chi connectivity index (χ0) is 14.3. The molecule has 20 heavy (non-hydrogen) atoms. The molecular weight excluding hydrogens is 283 g/mol. The van der Waals surface area contributed by atoms with Crippen molar-refractivity contribution in [3.05, 3.63) is 52.2 Å². The third kappa shape index (κ3) is 2.30. The minimum Gasteiger partial charge on any atom is -0.448 e. The number of rotatable bonds is 2. The number of aryl methyl sites for hydroxylation is 1. The predicted octanol–water partition coefficient (Wildman–Crippen LogP) is 3.00. The van der Waals surface area contributed by atoms with Crippen molar-refractivity contribution in [1.82, 2.24) is 0 Å². The number of furan rings is 1. The molecule has 3 N–H and O–H groups in total. The molecule has 1 aromatic heterocycles. The summed E-state index contributed by atoms with van der Waals surface area (Å²) in [6.45, 7) is 0. The average Bonchev–Trinajstić information content (AvgIpc) is 2.84. The first-order valence-electron chi connectivity index (χ1n) is 6.17. The Balaban J connectivity index is 2.00. The lowest BCUT2D eigenvalue weighted by Gasteiger charge is -2.20. The van der Waals surface area contributed by atoms with Gasteiger partial charge in [0.1, 0.15) is 11.6 Å². The van der Waals surface area contributed by atoms with Gasteiger partial charge in [0, 0.05) is 17.7 Å². The molecule has 1 aliphatic rings. The van der Waals surface area contributed by atoms with Crippen molar-refractivity contribution in [2.45, 2.75) is 18.9 Å². The molecule has 0 aliphatic carbocycles. The molecule has 0 radical (unpaired) electrons. The van der Waals surface area contributed by atoms with E-state index in [1.54, 1.807) is 18.2 Å². The Morgan fingerprint density at radius 3 is 2.85 bits per heavy atom. The van der Waals surface area contributed by atoms with Crippen LogP contribution in [0, 0.1) is 5.82 Å². The Labute approximate surface area is 119 Å². The number of hydrogen-bond donors (Lipinski definition) is 2. The second-order valence-electron chi connectivity index (χ2n) is 4.70. The van der Waals surface area contributed by atoms with E-state index in [0.717, 1.165) is 5.56 Å². The van der Waals surface area contributed by atoms with E-state index in [0.29, 0.717) is 29.9 Å². The Bertz CT molecular complexity index is 684. The maximum absolute atomic E-state index is 14.1. The van der Waals surface area contributed by atoms with E-state index in [-0.39, 0.29) is 11.1 Å². The van der Waals surface area contributed by atoms with E-state index in [2.05, 4.69) is 5.32 Å². The first kappa shape index (κ1) is 13.1. The number of nitrogens with one attached hydrogen (secondary N) is 1. The van der Waals surface area contributed by atoms with E-state index >= 15 is 0 Å². The third-order valence-electron chi connectivity index (χ3n) is 3.35. The lowest BCUT2D eigenvalue weighted by atomic mass is 9.96. The SMILES string of the molecule is NC(c1ccc(Cl)o1)c1cc2c(cc1F)NC(=O)CC2. The molecule has 0 saturated heterocycles. The van der Waals surface area contributed by atoms with Gasteiger partial charge in [0.15, 0.2) is 5.22 Å². The van der Waals surface area contributed by atoms with Gasteiger partial charge in [-0.1, -0.05) is 0 Å². The van der Waals surface area contributed by atoms with Crippen molar-refractivity contribution >= 4 is 23.2 Å². The van der Waals surface area contributed by atoms with Crippen LogP contribution in [0.5, 0.6) is 0 Å². The molecule has 0 spiro atoms. The Hall–Kier alpha value is -1.85. The van der Waals surface area contributed by atoms with E-state index < -0.39 is 11.9 Å². The van der Waals surface area contributed by atoms with Crippen molar-refractivity contribution in [2.75, 3.05) is 5.32 Å². The minimum atomic E-state index is -0.731. The second kappa shape index (κ2) is 4.92. The first-order chi connectivity index (χ1) is 9.54. The molecule has 2 heterocycles. The van der Waals surface area contributed by atoms with Crippen LogP contribution in [0.25, 0.3) is 0 Å². The molecular formula is C14H12ClFN2O2. The van der Waals surface area contributed by atoms with Crippen molar-refractivity contribution in [3.8, 4) is 0 Å². The summed E-state index contributed by atoms with van der Waals surface area (Å²) in [6.07, 6.45) is 0.958. The van der Waals surface area contributed by atoms with E-state index in [9.17, 15) is 9.18 Å². The summed E-state index contributed by atoms with van der Waals surface area (Å²) < 4.78 is 19.4. The topological polar surface area (TPSA) is 68.3 Å². The Kier molecular flexibility index (Phi) is 3.23. The average molecular weight is 295 g/mol. The van der Waals surface area contributed by atoms with Crippen molar-refractivity contribution in [3.63, 3.8) is 0 Å². The van der Waals surface area contributed by atoms with Gasteiger partial charge in [-0.3, -0.25) is 4.79 Å². The van der Waals surface area contributed by atoms with Gasteiger partial charge in [-0.25, -0.2) is 4.39 Å². The van der Waals surface area contributed by atoms with Crippen LogP contribution < -0.4 is 11.1 Å². The van der Waals surface area contributed by atoms with Crippen LogP contribution in [0.3, 0.4) is 0 Å².